The molecule has 0 spiro atoms. The molecule has 94 valence electrons. The highest BCUT2D eigenvalue weighted by atomic mass is 35.5. The Labute approximate surface area is 105 Å². The van der Waals surface area contributed by atoms with E-state index in [-0.39, 0.29) is 11.6 Å². The van der Waals surface area contributed by atoms with Crippen molar-refractivity contribution >= 4 is 28.9 Å². The Balaban J connectivity index is 0.00000121. The number of benzene rings is 1. The highest BCUT2D eigenvalue weighted by Crippen LogP contribution is 2.18. The van der Waals surface area contributed by atoms with Crippen LogP contribution in [0.15, 0.2) is 24.3 Å². The lowest BCUT2D eigenvalue weighted by Gasteiger charge is -2.15. The minimum atomic E-state index is -0.467. The molecular formula is C11H15ClN2O3. The number of rotatable bonds is 3. The Hall–Kier alpha value is -1.62. The second kappa shape index (κ2) is 7.62. The number of hydrogen-bond acceptors (Lipinski definition) is 3. The van der Waals surface area contributed by atoms with Crippen molar-refractivity contribution in [3.05, 3.63) is 34.4 Å². The van der Waals surface area contributed by atoms with Gasteiger partial charge in [-0.3, -0.25) is 14.9 Å². The van der Waals surface area contributed by atoms with Gasteiger partial charge >= 0.3 is 0 Å². The number of alkyl halides is 1. The lowest BCUT2D eigenvalue weighted by atomic mass is 10.2. The maximum absolute atomic E-state index is 11.3. The van der Waals surface area contributed by atoms with E-state index in [1.807, 2.05) is 0 Å². The van der Waals surface area contributed by atoms with Gasteiger partial charge in [-0.25, -0.2) is 0 Å². The van der Waals surface area contributed by atoms with Crippen LogP contribution in [0.4, 0.5) is 11.4 Å². The first kappa shape index (κ1) is 15.4. The molecule has 1 rings (SSSR count). The van der Waals surface area contributed by atoms with Gasteiger partial charge in [-0.1, -0.05) is 6.92 Å². The van der Waals surface area contributed by atoms with Crippen molar-refractivity contribution in [3.8, 4) is 0 Å². The van der Waals surface area contributed by atoms with Gasteiger partial charge in [-0.05, 0) is 12.1 Å². The molecule has 0 bridgehead atoms. The predicted molar refractivity (Wildman–Crippen MR) is 68.6 cm³/mol. The Morgan fingerprint density at radius 1 is 1.35 bits per heavy atom. The summed E-state index contributed by atoms with van der Waals surface area (Å²) in [5.74, 6) is -0.0242. The zero-order valence-corrected chi connectivity index (χ0v) is 10.8. The van der Waals surface area contributed by atoms with E-state index < -0.39 is 4.92 Å². The fourth-order valence-corrected chi connectivity index (χ4v) is 1.18. The fraction of sp³-hybridized carbons (Fsp3) is 0.364. The van der Waals surface area contributed by atoms with Gasteiger partial charge in [0.15, 0.2) is 0 Å². The van der Waals surface area contributed by atoms with Gasteiger partial charge in [0.05, 0.1) is 4.92 Å². The van der Waals surface area contributed by atoms with Crippen molar-refractivity contribution in [3.63, 3.8) is 0 Å². The molecular weight excluding hydrogens is 244 g/mol. The summed E-state index contributed by atoms with van der Waals surface area (Å²) in [6, 6.07) is 5.89. The molecule has 6 heteroatoms. The standard InChI is InChI=1S/C10H12N2O3.CH3Cl/c1-3-10(13)11(2)8-4-6-9(7-5-8)12(14)15;1-2/h4-7H,3H2,1-2H3;1H3. The molecule has 0 heterocycles. The highest BCUT2D eigenvalue weighted by molar-refractivity contribution is 6.15. The predicted octanol–water partition coefficient (Wildman–Crippen LogP) is 2.82. The van der Waals surface area contributed by atoms with Gasteiger partial charge in [-0.2, -0.15) is 0 Å². The molecule has 0 radical (unpaired) electrons. The molecule has 17 heavy (non-hydrogen) atoms. The summed E-state index contributed by atoms with van der Waals surface area (Å²) in [4.78, 5) is 22.7. The van der Waals surface area contributed by atoms with Crippen molar-refractivity contribution in [1.82, 2.24) is 0 Å². The third kappa shape index (κ3) is 4.40. The number of anilines is 1. The summed E-state index contributed by atoms with van der Waals surface area (Å²) >= 11 is 4.64. The van der Waals surface area contributed by atoms with E-state index in [2.05, 4.69) is 11.6 Å². The summed E-state index contributed by atoms with van der Waals surface area (Å²) in [7, 11) is 1.65. The molecule has 0 saturated heterocycles. The number of halogens is 1. The quantitative estimate of drug-likeness (QED) is 0.476. The number of nitro groups is 1. The number of carbonyl (C=O) groups is 1. The monoisotopic (exact) mass is 258 g/mol. The van der Waals surface area contributed by atoms with E-state index in [1.165, 1.54) is 23.4 Å². The Bertz CT molecular complexity index is 379. The van der Waals surface area contributed by atoms with E-state index >= 15 is 0 Å². The molecule has 0 unspecified atom stereocenters. The average Bonchev–Trinajstić information content (AvgIpc) is 2.39. The van der Waals surface area contributed by atoms with Crippen LogP contribution in [0.5, 0.6) is 0 Å². The van der Waals surface area contributed by atoms with Crippen LogP contribution in [-0.4, -0.2) is 24.3 Å². The third-order valence-corrected chi connectivity index (χ3v) is 2.12. The lowest BCUT2D eigenvalue weighted by Crippen LogP contribution is -2.24. The number of nitrogens with zero attached hydrogens (tertiary/aromatic N) is 2. The molecule has 1 aromatic rings. The topological polar surface area (TPSA) is 63.5 Å². The number of amides is 1. The van der Waals surface area contributed by atoms with Crippen molar-refractivity contribution in [2.45, 2.75) is 13.3 Å². The second-order valence-electron chi connectivity index (χ2n) is 3.08. The molecule has 0 aliphatic heterocycles. The van der Waals surface area contributed by atoms with E-state index in [1.54, 1.807) is 26.1 Å². The SMILES string of the molecule is CCC(=O)N(C)c1ccc([N+](=O)[O-])cc1.CCl. The molecule has 0 atom stereocenters. The molecule has 0 saturated carbocycles. The first-order valence-electron chi connectivity index (χ1n) is 4.95. The number of nitro benzene ring substituents is 1. The first-order valence-corrected chi connectivity index (χ1v) is 5.70. The Kier molecular flexibility index (Phi) is 6.89. The van der Waals surface area contributed by atoms with E-state index in [9.17, 15) is 14.9 Å². The van der Waals surface area contributed by atoms with Crippen LogP contribution in [0.3, 0.4) is 0 Å². The van der Waals surface area contributed by atoms with E-state index in [0.29, 0.717) is 12.1 Å². The molecule has 0 aliphatic rings. The summed E-state index contributed by atoms with van der Waals surface area (Å²) in [6.45, 7) is 1.77. The van der Waals surface area contributed by atoms with Gasteiger partial charge in [0.1, 0.15) is 0 Å². The minimum absolute atomic E-state index is 0.0242. The van der Waals surface area contributed by atoms with Crippen LogP contribution in [0.2, 0.25) is 0 Å². The zero-order valence-electron chi connectivity index (χ0n) is 10.0. The maximum Gasteiger partial charge on any atom is 0.269 e. The summed E-state index contributed by atoms with van der Waals surface area (Å²) in [5.41, 5.74) is 0.684. The van der Waals surface area contributed by atoms with Crippen LogP contribution < -0.4 is 4.90 Å². The molecule has 5 nitrogen and oxygen atoms in total. The van der Waals surface area contributed by atoms with Crippen molar-refractivity contribution in [1.29, 1.82) is 0 Å². The van der Waals surface area contributed by atoms with E-state index in [4.69, 9.17) is 0 Å². The van der Waals surface area contributed by atoms with Gasteiger partial charge in [0.25, 0.3) is 5.69 Å². The smallest absolute Gasteiger partial charge is 0.269 e. The van der Waals surface area contributed by atoms with Crippen molar-refractivity contribution in [2.75, 3.05) is 18.3 Å². The van der Waals surface area contributed by atoms with Gasteiger partial charge < -0.3 is 4.90 Å². The van der Waals surface area contributed by atoms with E-state index in [0.717, 1.165) is 0 Å². The zero-order chi connectivity index (χ0) is 13.4. The average molecular weight is 259 g/mol. The van der Waals surface area contributed by atoms with Crippen LogP contribution in [0.1, 0.15) is 13.3 Å². The number of hydrogen-bond donors (Lipinski definition) is 0. The molecule has 0 fully saturated rings. The Morgan fingerprint density at radius 2 is 1.82 bits per heavy atom. The molecule has 1 aromatic carbocycles. The molecule has 1 amide bonds. The molecule has 0 aliphatic carbocycles. The van der Waals surface area contributed by atoms with Crippen molar-refractivity contribution in [2.24, 2.45) is 0 Å². The van der Waals surface area contributed by atoms with Gasteiger partial charge in [-0.15, -0.1) is 11.6 Å². The minimum Gasteiger partial charge on any atom is -0.316 e. The van der Waals surface area contributed by atoms with Gasteiger partial charge in [0, 0.05) is 37.7 Å². The largest absolute Gasteiger partial charge is 0.316 e. The van der Waals surface area contributed by atoms with Crippen LogP contribution in [-0.2, 0) is 4.79 Å². The fourth-order valence-electron chi connectivity index (χ4n) is 1.18. The highest BCUT2D eigenvalue weighted by Gasteiger charge is 2.10. The summed E-state index contributed by atoms with van der Waals surface area (Å²) in [6.07, 6.45) is 1.88. The first-order chi connectivity index (χ1) is 8.06. The Morgan fingerprint density at radius 3 is 2.18 bits per heavy atom. The van der Waals surface area contributed by atoms with Crippen molar-refractivity contribution < 1.29 is 9.72 Å². The van der Waals surface area contributed by atoms with Gasteiger partial charge in [0.2, 0.25) is 5.91 Å². The lowest BCUT2D eigenvalue weighted by molar-refractivity contribution is -0.384. The van der Waals surface area contributed by atoms with Crippen LogP contribution >= 0.6 is 11.6 Å². The third-order valence-electron chi connectivity index (χ3n) is 2.12. The van der Waals surface area contributed by atoms with Crippen LogP contribution in [0.25, 0.3) is 0 Å². The second-order valence-corrected chi connectivity index (χ2v) is 3.08. The molecule has 0 aromatic heterocycles. The number of carbonyl (C=O) groups excluding carboxylic acids is 1. The summed E-state index contributed by atoms with van der Waals surface area (Å²) in [5, 5.41) is 10.4. The normalized spacial score (nSPS) is 8.94. The summed E-state index contributed by atoms with van der Waals surface area (Å²) < 4.78 is 0. The maximum atomic E-state index is 11.3. The molecule has 0 N–H and O–H groups in total. The number of non-ortho nitro benzene ring substituents is 1. The van der Waals surface area contributed by atoms with Crippen LogP contribution in [0, 0.1) is 10.1 Å².